The van der Waals surface area contributed by atoms with E-state index in [0.717, 1.165) is 5.56 Å². The van der Waals surface area contributed by atoms with E-state index >= 15 is 0 Å². The molecule has 5 nitrogen and oxygen atoms in total. The minimum atomic E-state index is -1.46. The molecule has 140 valence electrons. The molecule has 1 aliphatic rings. The molecule has 0 bridgehead atoms. The number of amides is 1. The number of hydrogen-bond acceptors (Lipinski definition) is 4. The van der Waals surface area contributed by atoms with Crippen LogP contribution in [0.25, 0.3) is 0 Å². The maximum Gasteiger partial charge on any atom is 0.412 e. The van der Waals surface area contributed by atoms with Gasteiger partial charge in [-0.15, -0.1) is 0 Å². The lowest BCUT2D eigenvalue weighted by atomic mass is 9.79. The average molecular weight is 366 g/mol. The van der Waals surface area contributed by atoms with E-state index in [1.54, 1.807) is 4.90 Å². The van der Waals surface area contributed by atoms with E-state index in [1.165, 1.54) is 0 Å². The largest absolute Gasteiger partial charge is 0.444 e. The number of carbonyl (C=O) groups is 1. The molecule has 0 radical (unpaired) electrons. The van der Waals surface area contributed by atoms with Gasteiger partial charge in [-0.25, -0.2) is 4.79 Å². The van der Waals surface area contributed by atoms with Gasteiger partial charge in [0.1, 0.15) is 6.61 Å². The van der Waals surface area contributed by atoms with Crippen molar-refractivity contribution in [1.82, 2.24) is 4.90 Å². The quantitative estimate of drug-likeness (QED) is 0.813. The Hall–Kier alpha value is -1.37. The maximum atomic E-state index is 12.8. The molecular weight excluding hydrogens is 334 g/mol. The predicted molar refractivity (Wildman–Crippen MR) is 101 cm³/mol. The van der Waals surface area contributed by atoms with Crippen LogP contribution in [0.15, 0.2) is 30.3 Å². The van der Waals surface area contributed by atoms with Crippen molar-refractivity contribution < 1.29 is 19.1 Å². The summed E-state index contributed by atoms with van der Waals surface area (Å²) in [5.41, 5.74) is 0.0132. The number of aliphatic hydroxyl groups excluding tert-OH is 1. The Balaban J connectivity index is 2.16. The van der Waals surface area contributed by atoms with E-state index in [-0.39, 0.29) is 24.5 Å². The number of hydrogen-bond donors (Lipinski definition) is 1. The van der Waals surface area contributed by atoms with Crippen LogP contribution in [0.1, 0.15) is 32.8 Å². The predicted octanol–water partition coefficient (Wildman–Crippen LogP) is 3.38. The first-order chi connectivity index (χ1) is 11.7. The Morgan fingerprint density at radius 2 is 1.96 bits per heavy atom. The van der Waals surface area contributed by atoms with Gasteiger partial charge < -0.3 is 14.3 Å². The summed E-state index contributed by atoms with van der Waals surface area (Å²) in [5.74, 6) is 0.247. The molecule has 0 saturated carbocycles. The Kier molecular flexibility index (Phi) is 6.29. The third kappa shape index (κ3) is 4.83. The highest BCUT2D eigenvalue weighted by molar-refractivity contribution is 6.48. The number of likely N-dealkylation sites (tertiary alicyclic amines) is 1. The molecular formula is C19H31NO4Si. The second-order valence-electron chi connectivity index (χ2n) is 8.19. The van der Waals surface area contributed by atoms with Gasteiger partial charge in [0.2, 0.25) is 0 Å². The van der Waals surface area contributed by atoms with Gasteiger partial charge in [-0.2, -0.15) is 0 Å². The van der Waals surface area contributed by atoms with Crippen LogP contribution in [0.4, 0.5) is 4.79 Å². The molecule has 1 aromatic carbocycles. The Morgan fingerprint density at radius 3 is 2.48 bits per heavy atom. The fraction of sp³-hybridized carbons (Fsp3) is 0.632. The maximum absolute atomic E-state index is 12.8. The molecule has 0 aliphatic carbocycles. The fourth-order valence-electron chi connectivity index (χ4n) is 3.30. The van der Waals surface area contributed by atoms with E-state index in [4.69, 9.17) is 9.16 Å². The minimum absolute atomic E-state index is 0.0246. The van der Waals surface area contributed by atoms with Gasteiger partial charge in [0.05, 0.1) is 6.61 Å². The molecule has 1 aromatic rings. The lowest BCUT2D eigenvalue weighted by molar-refractivity contribution is -0.0877. The molecule has 1 amide bonds. The Bertz CT molecular complexity index is 573. The highest BCUT2D eigenvalue weighted by Gasteiger charge is 2.52. The van der Waals surface area contributed by atoms with Crippen molar-refractivity contribution in [2.24, 2.45) is 11.3 Å². The van der Waals surface area contributed by atoms with Crippen molar-refractivity contribution in [2.75, 3.05) is 13.2 Å². The van der Waals surface area contributed by atoms with Crippen LogP contribution >= 0.6 is 0 Å². The molecule has 6 heteroatoms. The highest BCUT2D eigenvalue weighted by atomic mass is 28.3. The van der Waals surface area contributed by atoms with Crippen LogP contribution in [0, 0.1) is 11.3 Å². The van der Waals surface area contributed by atoms with Gasteiger partial charge in [-0.3, -0.25) is 4.90 Å². The summed E-state index contributed by atoms with van der Waals surface area (Å²) in [6.45, 7) is 11.1. The van der Waals surface area contributed by atoms with Gasteiger partial charge in [-0.05, 0) is 30.0 Å². The zero-order valence-corrected chi connectivity index (χ0v) is 17.1. The van der Waals surface area contributed by atoms with E-state index in [1.807, 2.05) is 30.3 Å². The van der Waals surface area contributed by atoms with Crippen molar-refractivity contribution in [3.8, 4) is 0 Å². The molecule has 0 spiro atoms. The molecule has 25 heavy (non-hydrogen) atoms. The van der Waals surface area contributed by atoms with E-state index < -0.39 is 20.9 Å². The lowest BCUT2D eigenvalue weighted by Crippen LogP contribution is -2.54. The summed E-state index contributed by atoms with van der Waals surface area (Å²) in [6, 6.07) is 9.61. The average Bonchev–Trinajstić information content (AvgIpc) is 2.93. The monoisotopic (exact) mass is 365 g/mol. The van der Waals surface area contributed by atoms with E-state index in [9.17, 15) is 9.90 Å². The normalized spacial score (nSPS) is 24.0. The van der Waals surface area contributed by atoms with Crippen LogP contribution in [0.5, 0.6) is 0 Å². The first-order valence-corrected chi connectivity index (χ1v) is 11.7. The second-order valence-corrected chi connectivity index (χ2v) is 10.5. The van der Waals surface area contributed by atoms with Gasteiger partial charge >= 0.3 is 6.09 Å². The third-order valence-electron chi connectivity index (χ3n) is 4.81. The number of aliphatic hydroxyl groups is 1. The highest BCUT2D eigenvalue weighted by Crippen LogP contribution is 2.43. The summed E-state index contributed by atoms with van der Waals surface area (Å²) in [6.07, 6.45) is 0.220. The van der Waals surface area contributed by atoms with Gasteiger partial charge in [0.15, 0.2) is 14.8 Å². The molecule has 2 rings (SSSR count). The Labute approximate surface area is 152 Å². The summed E-state index contributed by atoms with van der Waals surface area (Å²) in [7, 11) is -1.46. The molecule has 0 aromatic heterocycles. The molecule has 2 atom stereocenters. The van der Waals surface area contributed by atoms with Crippen LogP contribution in [0.3, 0.4) is 0 Å². The molecule has 0 unspecified atom stereocenters. The zero-order valence-electron chi connectivity index (χ0n) is 16.0. The van der Waals surface area contributed by atoms with Crippen molar-refractivity contribution >= 4 is 15.1 Å². The zero-order chi connectivity index (χ0) is 18.7. The summed E-state index contributed by atoms with van der Waals surface area (Å²) in [4.78, 5) is 14.4. The SMILES string of the molecule is C[SiH](C)O[C@]1(CO)C[C@H](C(C)(C)C)CN1C(=O)OCc1ccccc1. The smallest absolute Gasteiger partial charge is 0.412 e. The van der Waals surface area contributed by atoms with Crippen LogP contribution < -0.4 is 0 Å². The van der Waals surface area contributed by atoms with Crippen LogP contribution in [-0.4, -0.2) is 44.0 Å². The Morgan fingerprint density at radius 1 is 1.32 bits per heavy atom. The number of ether oxygens (including phenoxy) is 1. The minimum Gasteiger partial charge on any atom is -0.444 e. The van der Waals surface area contributed by atoms with E-state index in [2.05, 4.69) is 33.9 Å². The molecule has 1 fully saturated rings. The number of rotatable bonds is 5. The first-order valence-electron chi connectivity index (χ1n) is 8.95. The summed E-state index contributed by atoms with van der Waals surface area (Å²) in [5, 5.41) is 10.1. The summed E-state index contributed by atoms with van der Waals surface area (Å²) >= 11 is 0. The number of benzene rings is 1. The van der Waals surface area contributed by atoms with Crippen molar-refractivity contribution in [2.45, 2.75) is 52.6 Å². The standard InChI is InChI=1S/C19H31NO4Si/c1-18(2,3)16-11-19(14-21,24-25(4)5)20(12-16)17(22)23-13-15-9-7-6-8-10-15/h6-10,16,21,25H,11-14H2,1-5H3/t16-,19-/m0/s1. The number of carbonyl (C=O) groups excluding carboxylic acids is 1. The molecule has 1 saturated heterocycles. The van der Waals surface area contributed by atoms with Gasteiger partial charge in [0.25, 0.3) is 0 Å². The first kappa shape index (κ1) is 19.9. The van der Waals surface area contributed by atoms with Crippen molar-refractivity contribution in [3.05, 3.63) is 35.9 Å². The van der Waals surface area contributed by atoms with Crippen molar-refractivity contribution in [1.29, 1.82) is 0 Å². The molecule has 1 heterocycles. The molecule has 1 aliphatic heterocycles. The molecule has 1 N–H and O–H groups in total. The third-order valence-corrected chi connectivity index (χ3v) is 5.72. The second kappa shape index (κ2) is 7.89. The summed E-state index contributed by atoms with van der Waals surface area (Å²) < 4.78 is 11.7. The van der Waals surface area contributed by atoms with Crippen LogP contribution in [0.2, 0.25) is 13.1 Å². The topological polar surface area (TPSA) is 59.0 Å². The van der Waals surface area contributed by atoms with Crippen molar-refractivity contribution in [3.63, 3.8) is 0 Å². The van der Waals surface area contributed by atoms with Crippen LogP contribution in [-0.2, 0) is 15.8 Å². The van der Waals surface area contributed by atoms with Gasteiger partial charge in [-0.1, -0.05) is 51.1 Å². The lowest BCUT2D eigenvalue weighted by Gasteiger charge is -2.37. The van der Waals surface area contributed by atoms with E-state index in [0.29, 0.717) is 13.0 Å². The number of nitrogens with zero attached hydrogens (tertiary/aromatic N) is 1. The fourth-order valence-corrected chi connectivity index (χ4v) is 4.48. The van der Waals surface area contributed by atoms with Gasteiger partial charge in [0, 0.05) is 13.0 Å².